The second-order valence-electron chi connectivity index (χ2n) is 2.40. The van der Waals surface area contributed by atoms with E-state index in [0.29, 0.717) is 5.15 Å². The van der Waals surface area contributed by atoms with Crippen molar-refractivity contribution in [1.29, 1.82) is 0 Å². The number of halogens is 1. The third-order valence-electron chi connectivity index (χ3n) is 1.63. The second-order valence-corrected chi connectivity index (χ2v) is 2.79. The Labute approximate surface area is 74.6 Å². The van der Waals surface area contributed by atoms with Gasteiger partial charge in [-0.3, -0.25) is 0 Å². The minimum absolute atomic E-state index is 0.489. The maximum absolute atomic E-state index is 5.71. The highest BCUT2D eigenvalue weighted by Gasteiger charge is 1.98. The van der Waals surface area contributed by atoms with Gasteiger partial charge in [0, 0.05) is 6.20 Å². The number of nitrogens with zero attached hydrogens (tertiary/aromatic N) is 2. The number of hydrogen-bond donors (Lipinski definition) is 0. The summed E-state index contributed by atoms with van der Waals surface area (Å²) in [5.74, 6) is 0.788. The Kier molecular flexibility index (Phi) is 1.66. The third kappa shape index (κ3) is 1.12. The topological polar surface area (TPSA) is 26.5 Å². The molecule has 62 valence electrons. The Morgan fingerprint density at radius 2 is 2.25 bits per heavy atom. The molecule has 2 rings (SSSR count). The van der Waals surface area contributed by atoms with Crippen LogP contribution < -0.4 is 4.74 Å². The van der Waals surface area contributed by atoms with Gasteiger partial charge in [-0.05, 0) is 12.1 Å². The monoisotopic (exact) mass is 182 g/mol. The van der Waals surface area contributed by atoms with Gasteiger partial charge in [0.15, 0.2) is 0 Å². The van der Waals surface area contributed by atoms with Crippen LogP contribution in [0.1, 0.15) is 0 Å². The molecule has 2 aromatic rings. The zero-order valence-corrected chi connectivity index (χ0v) is 7.25. The highest BCUT2D eigenvalue weighted by molar-refractivity contribution is 6.29. The fourth-order valence-electron chi connectivity index (χ4n) is 1.06. The van der Waals surface area contributed by atoms with E-state index >= 15 is 0 Å². The molecule has 0 unspecified atom stereocenters. The van der Waals surface area contributed by atoms with Gasteiger partial charge in [-0.1, -0.05) is 11.6 Å². The predicted octanol–water partition coefficient (Wildman–Crippen LogP) is 2.00. The number of aromatic nitrogens is 2. The van der Waals surface area contributed by atoms with Crippen molar-refractivity contribution in [2.45, 2.75) is 0 Å². The summed E-state index contributed by atoms with van der Waals surface area (Å²) in [4.78, 5) is 4.06. The molecule has 0 fully saturated rings. The van der Waals surface area contributed by atoms with Crippen LogP contribution in [0.3, 0.4) is 0 Å². The van der Waals surface area contributed by atoms with Gasteiger partial charge in [-0.25, -0.2) is 4.98 Å². The Bertz CT molecular complexity index is 410. The minimum Gasteiger partial charge on any atom is -0.495 e. The van der Waals surface area contributed by atoms with E-state index in [1.54, 1.807) is 13.3 Å². The number of methoxy groups -OCH3 is 1. The molecular weight excluding hydrogens is 176 g/mol. The van der Waals surface area contributed by atoms with Gasteiger partial charge in [-0.15, -0.1) is 0 Å². The number of pyridine rings is 1. The molecule has 0 saturated carbocycles. The van der Waals surface area contributed by atoms with Crippen molar-refractivity contribution >= 4 is 17.2 Å². The third-order valence-corrected chi connectivity index (χ3v) is 1.81. The number of rotatable bonds is 1. The van der Waals surface area contributed by atoms with Crippen LogP contribution in [0, 0.1) is 0 Å². The molecule has 0 saturated heterocycles. The minimum atomic E-state index is 0.489. The molecule has 2 heterocycles. The average molecular weight is 183 g/mol. The van der Waals surface area contributed by atoms with Gasteiger partial charge in [0.2, 0.25) is 0 Å². The van der Waals surface area contributed by atoms with Crippen molar-refractivity contribution in [3.05, 3.63) is 29.7 Å². The summed E-state index contributed by atoms with van der Waals surface area (Å²) in [7, 11) is 1.62. The van der Waals surface area contributed by atoms with E-state index in [2.05, 4.69) is 4.98 Å². The molecule has 0 radical (unpaired) electrons. The van der Waals surface area contributed by atoms with Crippen molar-refractivity contribution in [1.82, 2.24) is 9.38 Å². The molecule has 0 aliphatic carbocycles. The first-order valence-corrected chi connectivity index (χ1v) is 3.85. The fraction of sp³-hybridized carbons (Fsp3) is 0.125. The highest BCUT2D eigenvalue weighted by atomic mass is 35.5. The normalized spacial score (nSPS) is 10.5. The van der Waals surface area contributed by atoms with Crippen molar-refractivity contribution < 1.29 is 4.74 Å². The van der Waals surface area contributed by atoms with Crippen LogP contribution in [0.25, 0.3) is 5.65 Å². The number of hydrogen-bond acceptors (Lipinski definition) is 2. The standard InChI is InChI=1S/C8H7ClN2O/c1-12-6-2-3-8-10-7(9)5-11(8)4-6/h2-5H,1H3. The summed E-state index contributed by atoms with van der Waals surface area (Å²) < 4.78 is 6.86. The maximum Gasteiger partial charge on any atom is 0.148 e. The molecule has 0 aromatic carbocycles. The molecule has 0 atom stereocenters. The fourth-order valence-corrected chi connectivity index (χ4v) is 1.25. The Morgan fingerprint density at radius 3 is 3.00 bits per heavy atom. The lowest BCUT2D eigenvalue weighted by Gasteiger charge is -1.98. The summed E-state index contributed by atoms with van der Waals surface area (Å²) in [5, 5.41) is 0.489. The number of imidazole rings is 1. The van der Waals surface area contributed by atoms with E-state index in [1.165, 1.54) is 0 Å². The highest BCUT2D eigenvalue weighted by Crippen LogP contribution is 2.14. The first kappa shape index (κ1) is 7.43. The lowest BCUT2D eigenvalue weighted by molar-refractivity contribution is 0.412. The van der Waals surface area contributed by atoms with Crippen LogP contribution >= 0.6 is 11.6 Å². The molecule has 2 aromatic heterocycles. The molecule has 12 heavy (non-hydrogen) atoms. The first-order chi connectivity index (χ1) is 5.79. The summed E-state index contributed by atoms with van der Waals surface area (Å²) in [5.41, 5.74) is 0.820. The number of ether oxygens (including phenoxy) is 1. The molecule has 3 nitrogen and oxygen atoms in total. The Hall–Kier alpha value is -1.22. The molecule has 0 aliphatic heterocycles. The van der Waals surface area contributed by atoms with Crippen LogP contribution in [-0.4, -0.2) is 16.5 Å². The van der Waals surface area contributed by atoms with Crippen molar-refractivity contribution in [3.63, 3.8) is 0 Å². The summed E-state index contributed by atoms with van der Waals surface area (Å²) in [6, 6.07) is 3.70. The zero-order chi connectivity index (χ0) is 8.55. The summed E-state index contributed by atoms with van der Waals surface area (Å²) >= 11 is 5.71. The van der Waals surface area contributed by atoms with Gasteiger partial charge < -0.3 is 9.14 Å². The van der Waals surface area contributed by atoms with Gasteiger partial charge in [0.1, 0.15) is 16.5 Å². The van der Waals surface area contributed by atoms with E-state index in [9.17, 15) is 0 Å². The molecule has 4 heteroatoms. The quantitative estimate of drug-likeness (QED) is 0.675. The van der Waals surface area contributed by atoms with Crippen molar-refractivity contribution in [3.8, 4) is 5.75 Å². The molecule has 0 aliphatic rings. The predicted molar refractivity (Wildman–Crippen MR) is 46.8 cm³/mol. The van der Waals surface area contributed by atoms with Gasteiger partial charge in [-0.2, -0.15) is 0 Å². The van der Waals surface area contributed by atoms with E-state index in [-0.39, 0.29) is 0 Å². The van der Waals surface area contributed by atoms with Crippen molar-refractivity contribution in [2.75, 3.05) is 7.11 Å². The maximum atomic E-state index is 5.71. The lowest BCUT2D eigenvalue weighted by atomic mass is 10.4. The Morgan fingerprint density at radius 1 is 1.42 bits per heavy atom. The molecular formula is C8H7ClN2O. The van der Waals surface area contributed by atoms with Gasteiger partial charge >= 0.3 is 0 Å². The first-order valence-electron chi connectivity index (χ1n) is 3.48. The molecule has 0 amide bonds. The molecule has 0 spiro atoms. The molecule has 0 bridgehead atoms. The van der Waals surface area contributed by atoms with Crippen LogP contribution in [0.2, 0.25) is 5.15 Å². The van der Waals surface area contributed by atoms with Gasteiger partial charge in [0.05, 0.1) is 13.3 Å². The summed E-state index contributed by atoms with van der Waals surface area (Å²) in [6.45, 7) is 0. The largest absolute Gasteiger partial charge is 0.495 e. The van der Waals surface area contributed by atoms with E-state index in [0.717, 1.165) is 11.4 Å². The number of fused-ring (bicyclic) bond motifs is 1. The smallest absolute Gasteiger partial charge is 0.148 e. The van der Waals surface area contributed by atoms with Gasteiger partial charge in [0.25, 0.3) is 0 Å². The second kappa shape index (κ2) is 2.68. The zero-order valence-electron chi connectivity index (χ0n) is 6.49. The van der Waals surface area contributed by atoms with Crippen LogP contribution in [0.4, 0.5) is 0 Å². The molecule has 0 N–H and O–H groups in total. The van der Waals surface area contributed by atoms with E-state index in [1.807, 2.05) is 22.7 Å². The van der Waals surface area contributed by atoms with Crippen LogP contribution in [-0.2, 0) is 0 Å². The SMILES string of the molecule is COc1ccc2nc(Cl)cn2c1. The van der Waals surface area contributed by atoms with E-state index < -0.39 is 0 Å². The average Bonchev–Trinajstić information content (AvgIpc) is 2.43. The van der Waals surface area contributed by atoms with Crippen molar-refractivity contribution in [2.24, 2.45) is 0 Å². The van der Waals surface area contributed by atoms with Crippen LogP contribution in [0.5, 0.6) is 5.75 Å². The van der Waals surface area contributed by atoms with Crippen LogP contribution in [0.15, 0.2) is 24.5 Å². The Balaban J connectivity index is 2.66. The lowest BCUT2D eigenvalue weighted by Crippen LogP contribution is -1.86. The summed E-state index contributed by atoms with van der Waals surface area (Å²) in [6.07, 6.45) is 3.56. The van der Waals surface area contributed by atoms with E-state index in [4.69, 9.17) is 16.3 Å².